The maximum Gasteiger partial charge on any atom is 0.199 e. The maximum absolute atomic E-state index is 9.16. The van der Waals surface area contributed by atoms with E-state index in [9.17, 15) is 0 Å². The maximum atomic E-state index is 9.16. The number of hydrogen-bond acceptors (Lipinski definition) is 7. The Morgan fingerprint density at radius 2 is 1.79 bits per heavy atom. The van der Waals surface area contributed by atoms with Crippen molar-refractivity contribution in [2.45, 2.75) is 13.2 Å². The summed E-state index contributed by atoms with van der Waals surface area (Å²) in [5.74, 6) is 1.67. The Hall–Kier alpha value is -3.87. The summed E-state index contributed by atoms with van der Waals surface area (Å²) in [7, 11) is 0. The van der Waals surface area contributed by atoms with Gasteiger partial charge in [-0.25, -0.2) is 9.67 Å². The summed E-state index contributed by atoms with van der Waals surface area (Å²) in [6, 6.07) is 20.0. The fourth-order valence-corrected chi connectivity index (χ4v) is 4.37. The number of benzene rings is 1. The summed E-state index contributed by atoms with van der Waals surface area (Å²) < 4.78 is 4.67. The first-order valence-corrected chi connectivity index (χ1v) is 11.6. The molecule has 5 rings (SSSR count). The number of nitrogens with zero attached hydrogens (tertiary/aromatic N) is 8. The standard InChI is InChI=1S/C25H24N8S/c26-16-21-8-10-28-23(15-21)31-13-11-30(12-14-31)19-33-25(34)32(18-20-5-2-1-3-6-20)24(29-33)22-7-4-9-27-17-22/h1-10,15,17H,11-14,18-19H2. The lowest BCUT2D eigenvalue weighted by Gasteiger charge is -2.35. The van der Waals surface area contributed by atoms with E-state index in [2.05, 4.69) is 42.5 Å². The van der Waals surface area contributed by atoms with E-state index >= 15 is 0 Å². The van der Waals surface area contributed by atoms with E-state index in [1.807, 2.05) is 47.3 Å². The monoisotopic (exact) mass is 468 g/mol. The first-order valence-electron chi connectivity index (χ1n) is 11.2. The molecular formula is C25H24N8S. The van der Waals surface area contributed by atoms with Gasteiger partial charge in [-0.2, -0.15) is 10.4 Å². The van der Waals surface area contributed by atoms with Crippen LogP contribution in [0.3, 0.4) is 0 Å². The Kier molecular flexibility index (Phi) is 6.42. The molecule has 1 fully saturated rings. The van der Waals surface area contributed by atoms with Crippen LogP contribution in [-0.4, -0.2) is 55.4 Å². The molecule has 8 nitrogen and oxygen atoms in total. The third-order valence-electron chi connectivity index (χ3n) is 5.93. The molecule has 3 aromatic heterocycles. The SMILES string of the molecule is N#Cc1ccnc(N2CCN(Cn3nc(-c4cccnc4)n(Cc4ccccc4)c3=S)CC2)c1. The Bertz CT molecular complexity index is 1350. The van der Waals surface area contributed by atoms with Crippen molar-refractivity contribution in [3.05, 3.63) is 89.1 Å². The molecule has 0 radical (unpaired) electrons. The predicted octanol–water partition coefficient (Wildman–Crippen LogP) is 3.57. The van der Waals surface area contributed by atoms with Crippen molar-refractivity contribution in [2.24, 2.45) is 0 Å². The molecule has 0 saturated carbocycles. The number of rotatable bonds is 6. The second kappa shape index (κ2) is 9.95. The van der Waals surface area contributed by atoms with Crippen LogP contribution in [0.4, 0.5) is 5.82 Å². The molecule has 1 aliphatic heterocycles. The highest BCUT2D eigenvalue weighted by Crippen LogP contribution is 2.20. The highest BCUT2D eigenvalue weighted by atomic mass is 32.1. The fourth-order valence-electron chi connectivity index (χ4n) is 4.12. The van der Waals surface area contributed by atoms with Crippen molar-refractivity contribution in [3.63, 3.8) is 0 Å². The number of anilines is 1. The zero-order valence-electron chi connectivity index (χ0n) is 18.7. The molecule has 1 aromatic carbocycles. The number of pyridine rings is 2. The van der Waals surface area contributed by atoms with Gasteiger partial charge in [0, 0.05) is 50.3 Å². The van der Waals surface area contributed by atoms with Crippen LogP contribution in [0.2, 0.25) is 0 Å². The lowest BCUT2D eigenvalue weighted by molar-refractivity contribution is 0.194. The zero-order chi connectivity index (χ0) is 23.3. The van der Waals surface area contributed by atoms with Crippen molar-refractivity contribution >= 4 is 18.0 Å². The van der Waals surface area contributed by atoms with Gasteiger partial charge in [-0.1, -0.05) is 30.3 Å². The zero-order valence-corrected chi connectivity index (χ0v) is 19.5. The number of hydrogen-bond donors (Lipinski definition) is 0. The molecule has 34 heavy (non-hydrogen) atoms. The Morgan fingerprint density at radius 3 is 2.53 bits per heavy atom. The van der Waals surface area contributed by atoms with Crippen LogP contribution in [0.25, 0.3) is 11.4 Å². The Labute approximate surface area is 203 Å². The molecular weight excluding hydrogens is 444 g/mol. The molecule has 9 heteroatoms. The number of aromatic nitrogens is 5. The van der Waals surface area contributed by atoms with E-state index in [0.29, 0.717) is 23.5 Å². The summed E-state index contributed by atoms with van der Waals surface area (Å²) >= 11 is 5.87. The van der Waals surface area contributed by atoms with Crippen molar-refractivity contribution < 1.29 is 0 Å². The van der Waals surface area contributed by atoms with Crippen molar-refractivity contribution in [1.29, 1.82) is 5.26 Å². The largest absolute Gasteiger partial charge is 0.354 e. The van der Waals surface area contributed by atoms with Crippen LogP contribution < -0.4 is 4.90 Å². The third-order valence-corrected chi connectivity index (χ3v) is 6.36. The molecule has 4 aromatic rings. The lowest BCUT2D eigenvalue weighted by Crippen LogP contribution is -2.47. The molecule has 1 aliphatic rings. The minimum absolute atomic E-state index is 0.618. The third kappa shape index (κ3) is 4.73. The van der Waals surface area contributed by atoms with Gasteiger partial charge in [0.25, 0.3) is 0 Å². The Morgan fingerprint density at radius 1 is 0.971 bits per heavy atom. The molecule has 0 aliphatic carbocycles. The normalized spacial score (nSPS) is 14.1. The summed E-state index contributed by atoms with van der Waals surface area (Å²) in [5, 5.41) is 14.1. The van der Waals surface area contributed by atoms with Crippen LogP contribution in [0, 0.1) is 16.1 Å². The molecule has 0 amide bonds. The highest BCUT2D eigenvalue weighted by Gasteiger charge is 2.21. The molecule has 4 heterocycles. The molecule has 170 valence electrons. The van der Waals surface area contributed by atoms with Gasteiger partial charge >= 0.3 is 0 Å². The van der Waals surface area contributed by atoms with Gasteiger partial charge in [0.05, 0.1) is 24.8 Å². The van der Waals surface area contributed by atoms with Gasteiger partial charge in [-0.3, -0.25) is 14.5 Å². The van der Waals surface area contributed by atoms with E-state index in [1.54, 1.807) is 18.5 Å². The van der Waals surface area contributed by atoms with Crippen LogP contribution in [0.5, 0.6) is 0 Å². The summed E-state index contributed by atoms with van der Waals surface area (Å²) in [4.78, 5) is 13.3. The van der Waals surface area contributed by atoms with Crippen LogP contribution in [0.1, 0.15) is 11.1 Å². The Balaban J connectivity index is 1.35. The second-order valence-electron chi connectivity index (χ2n) is 8.18. The predicted molar refractivity (Wildman–Crippen MR) is 133 cm³/mol. The van der Waals surface area contributed by atoms with Crippen molar-refractivity contribution in [2.75, 3.05) is 31.1 Å². The average molecular weight is 469 g/mol. The van der Waals surface area contributed by atoms with E-state index in [4.69, 9.17) is 22.6 Å². The van der Waals surface area contributed by atoms with Crippen molar-refractivity contribution in [1.82, 2.24) is 29.2 Å². The molecule has 0 bridgehead atoms. The summed E-state index contributed by atoms with van der Waals surface area (Å²) in [6.07, 6.45) is 5.28. The molecule has 1 saturated heterocycles. The first kappa shape index (κ1) is 21.9. The van der Waals surface area contributed by atoms with Gasteiger partial charge < -0.3 is 4.90 Å². The quantitative estimate of drug-likeness (QED) is 0.400. The topological polar surface area (TPSA) is 78.8 Å². The molecule has 0 N–H and O–H groups in total. The number of nitriles is 1. The van der Waals surface area contributed by atoms with Gasteiger partial charge in [0.1, 0.15) is 5.82 Å². The summed E-state index contributed by atoms with van der Waals surface area (Å²) in [6.45, 7) is 4.64. The van der Waals surface area contributed by atoms with Crippen LogP contribution in [-0.2, 0) is 13.2 Å². The minimum Gasteiger partial charge on any atom is -0.354 e. The minimum atomic E-state index is 0.618. The van der Waals surface area contributed by atoms with E-state index in [1.165, 1.54) is 5.56 Å². The first-order chi connectivity index (χ1) is 16.7. The second-order valence-corrected chi connectivity index (χ2v) is 8.55. The van der Waals surface area contributed by atoms with Crippen LogP contribution >= 0.6 is 12.2 Å². The van der Waals surface area contributed by atoms with E-state index in [0.717, 1.165) is 43.4 Å². The molecule has 0 spiro atoms. The average Bonchev–Trinajstić information content (AvgIpc) is 3.20. The smallest absolute Gasteiger partial charge is 0.199 e. The summed E-state index contributed by atoms with van der Waals surface area (Å²) in [5.41, 5.74) is 2.74. The van der Waals surface area contributed by atoms with Gasteiger partial charge in [0.2, 0.25) is 0 Å². The van der Waals surface area contributed by atoms with E-state index < -0.39 is 0 Å². The van der Waals surface area contributed by atoms with Gasteiger partial charge in [-0.15, -0.1) is 0 Å². The number of piperazine rings is 1. The van der Waals surface area contributed by atoms with E-state index in [-0.39, 0.29) is 0 Å². The van der Waals surface area contributed by atoms with Crippen molar-refractivity contribution in [3.8, 4) is 17.5 Å². The highest BCUT2D eigenvalue weighted by molar-refractivity contribution is 7.71. The lowest BCUT2D eigenvalue weighted by atomic mass is 10.2. The van der Waals surface area contributed by atoms with Gasteiger partial charge in [-0.05, 0) is 42.0 Å². The molecule has 0 unspecified atom stereocenters. The van der Waals surface area contributed by atoms with Gasteiger partial charge in [0.15, 0.2) is 10.6 Å². The fraction of sp³-hybridized carbons (Fsp3) is 0.240. The molecule has 0 atom stereocenters. The van der Waals surface area contributed by atoms with Crippen LogP contribution in [0.15, 0.2) is 73.2 Å².